The highest BCUT2D eigenvalue weighted by atomic mass is 14.9. The molecule has 356 valence electrons. The highest BCUT2D eigenvalue weighted by molar-refractivity contribution is 6.13. The van der Waals surface area contributed by atoms with E-state index in [9.17, 15) is 0 Å². The van der Waals surface area contributed by atoms with Gasteiger partial charge in [-0.15, -0.1) is 0 Å². The van der Waals surface area contributed by atoms with E-state index in [-0.39, 0.29) is 5.41 Å². The van der Waals surface area contributed by atoms with Gasteiger partial charge in [0, 0.05) is 22.1 Å². The molecule has 15 rings (SSSR count). The normalized spacial score (nSPS) is 13.6. The fourth-order valence-corrected chi connectivity index (χ4v) is 13.6. The van der Waals surface area contributed by atoms with Crippen LogP contribution in [0.4, 0.5) is 0 Å². The average molecular weight is 967 g/mol. The van der Waals surface area contributed by atoms with Gasteiger partial charge in [0.05, 0.1) is 16.8 Å². The average Bonchev–Trinajstić information content (AvgIpc) is 4.02. The molecule has 0 bridgehead atoms. The Morgan fingerprint density at radius 2 is 0.711 bits per heavy atom. The lowest BCUT2D eigenvalue weighted by molar-refractivity contribution is 0.668. The van der Waals surface area contributed by atoms with Gasteiger partial charge < -0.3 is 0 Å². The minimum atomic E-state index is -0.532. The van der Waals surface area contributed by atoms with E-state index in [2.05, 4.69) is 281 Å². The van der Waals surface area contributed by atoms with E-state index in [1.54, 1.807) is 0 Å². The van der Waals surface area contributed by atoms with Crippen LogP contribution >= 0.6 is 0 Å². The van der Waals surface area contributed by atoms with Crippen LogP contribution in [0.1, 0.15) is 47.2 Å². The van der Waals surface area contributed by atoms with Crippen molar-refractivity contribution in [1.82, 2.24) is 9.97 Å². The molecule has 13 aromatic rings. The summed E-state index contributed by atoms with van der Waals surface area (Å²) in [5, 5.41) is 7.40. The minimum Gasteiger partial charge on any atom is -0.228 e. The number of rotatable bonds is 7. The molecule has 0 spiro atoms. The topological polar surface area (TPSA) is 25.8 Å². The van der Waals surface area contributed by atoms with Crippen LogP contribution in [0.3, 0.4) is 0 Å². The van der Waals surface area contributed by atoms with Crippen molar-refractivity contribution in [3.8, 4) is 78.4 Å². The Balaban J connectivity index is 0.904. The highest BCUT2D eigenvalue weighted by Crippen LogP contribution is 2.59. The first kappa shape index (κ1) is 44.0. The summed E-state index contributed by atoms with van der Waals surface area (Å²) in [6, 6.07) is 98.0. The lowest BCUT2D eigenvalue weighted by Crippen LogP contribution is -2.28. The van der Waals surface area contributed by atoms with Crippen molar-refractivity contribution in [2.75, 3.05) is 0 Å². The largest absolute Gasteiger partial charge is 0.228 e. The maximum absolute atomic E-state index is 5.50. The van der Waals surface area contributed by atoms with E-state index in [1.165, 1.54) is 105 Å². The molecule has 0 aliphatic heterocycles. The van der Waals surface area contributed by atoms with Gasteiger partial charge in [-0.05, 0) is 116 Å². The molecule has 0 saturated heterocycles. The zero-order chi connectivity index (χ0) is 50.5. The summed E-state index contributed by atoms with van der Waals surface area (Å²) in [5.74, 6) is 0.691. The first-order chi connectivity index (χ1) is 37.5. The molecule has 1 aromatic heterocycles. The van der Waals surface area contributed by atoms with Gasteiger partial charge in [-0.1, -0.05) is 275 Å². The van der Waals surface area contributed by atoms with Crippen molar-refractivity contribution in [2.24, 2.45) is 0 Å². The number of hydrogen-bond acceptors (Lipinski definition) is 2. The standard InChI is InChI=1S/C74H50N2/c1-73(2)70-51-29-13-12-22-47(51)40-41-62(70)61-36-20-35-60(71(61)73)58-43-42-56(52-30-14-15-31-53(52)58)57-44-45-59(55-33-17-16-32-54(55)57)67-46-68(76-72(75-67)48-23-6-3-7-24-48)64-37-21-39-66-69(64)63-34-18-19-38-65(63)74(66,49-25-8-4-9-26-49)50-27-10-5-11-28-50/h3-46H,1-2H3. The Kier molecular flexibility index (Phi) is 9.86. The summed E-state index contributed by atoms with van der Waals surface area (Å²) >= 11 is 0. The van der Waals surface area contributed by atoms with Crippen LogP contribution in [-0.2, 0) is 10.8 Å². The predicted octanol–water partition coefficient (Wildman–Crippen LogP) is 18.9. The Labute approximate surface area is 443 Å². The molecule has 0 N–H and O–H groups in total. The van der Waals surface area contributed by atoms with Gasteiger partial charge in [0.25, 0.3) is 0 Å². The fraction of sp³-hybridized carbons (Fsp3) is 0.0541. The van der Waals surface area contributed by atoms with Crippen LogP contribution in [0.25, 0.3) is 111 Å². The van der Waals surface area contributed by atoms with E-state index in [0.29, 0.717) is 5.82 Å². The molecule has 2 heteroatoms. The second kappa shape index (κ2) is 17.0. The molecule has 2 aliphatic carbocycles. The van der Waals surface area contributed by atoms with Crippen molar-refractivity contribution < 1.29 is 0 Å². The van der Waals surface area contributed by atoms with Gasteiger partial charge in [-0.2, -0.15) is 0 Å². The highest BCUT2D eigenvalue weighted by Gasteiger charge is 2.47. The third kappa shape index (κ3) is 6.41. The van der Waals surface area contributed by atoms with E-state index < -0.39 is 5.41 Å². The summed E-state index contributed by atoms with van der Waals surface area (Å²) in [6.07, 6.45) is 0. The Hall–Kier alpha value is -9.50. The van der Waals surface area contributed by atoms with Gasteiger partial charge in [0.1, 0.15) is 0 Å². The summed E-state index contributed by atoms with van der Waals surface area (Å²) in [4.78, 5) is 11.0. The molecule has 12 aromatic carbocycles. The van der Waals surface area contributed by atoms with Gasteiger partial charge in [-0.25, -0.2) is 9.97 Å². The zero-order valence-electron chi connectivity index (χ0n) is 42.3. The molecule has 2 nitrogen and oxygen atoms in total. The van der Waals surface area contributed by atoms with Crippen LogP contribution in [0.15, 0.2) is 267 Å². The number of hydrogen-bond donors (Lipinski definition) is 0. The van der Waals surface area contributed by atoms with E-state index in [0.717, 1.165) is 33.5 Å². The molecular formula is C74H50N2. The van der Waals surface area contributed by atoms with E-state index >= 15 is 0 Å². The summed E-state index contributed by atoms with van der Waals surface area (Å²) < 4.78 is 0. The summed E-state index contributed by atoms with van der Waals surface area (Å²) in [7, 11) is 0. The fourth-order valence-electron chi connectivity index (χ4n) is 13.6. The molecule has 0 saturated carbocycles. The zero-order valence-corrected chi connectivity index (χ0v) is 42.3. The van der Waals surface area contributed by atoms with Crippen LogP contribution in [0, 0.1) is 0 Å². The smallest absolute Gasteiger partial charge is 0.160 e. The van der Waals surface area contributed by atoms with Gasteiger partial charge >= 0.3 is 0 Å². The molecule has 2 aliphatic rings. The molecule has 76 heavy (non-hydrogen) atoms. The lowest BCUT2D eigenvalue weighted by Gasteiger charge is -2.33. The molecule has 0 atom stereocenters. The minimum absolute atomic E-state index is 0.199. The molecule has 0 radical (unpaired) electrons. The van der Waals surface area contributed by atoms with Crippen molar-refractivity contribution in [1.29, 1.82) is 0 Å². The van der Waals surface area contributed by atoms with Crippen molar-refractivity contribution in [2.45, 2.75) is 24.7 Å². The monoisotopic (exact) mass is 966 g/mol. The van der Waals surface area contributed by atoms with Gasteiger partial charge in [0.2, 0.25) is 0 Å². The lowest BCUT2D eigenvalue weighted by atomic mass is 9.67. The first-order valence-corrected chi connectivity index (χ1v) is 26.5. The molecule has 0 unspecified atom stereocenters. The first-order valence-electron chi connectivity index (χ1n) is 26.5. The van der Waals surface area contributed by atoms with Crippen LogP contribution in [0.2, 0.25) is 0 Å². The third-order valence-electron chi connectivity index (χ3n) is 16.8. The predicted molar refractivity (Wildman–Crippen MR) is 317 cm³/mol. The van der Waals surface area contributed by atoms with Crippen LogP contribution < -0.4 is 0 Å². The number of fused-ring (bicyclic) bond motifs is 10. The quantitative estimate of drug-likeness (QED) is 0.159. The SMILES string of the molecule is CC1(C)c2c(cccc2-c2ccc(-c3ccc(-c4cc(-c5cccc6c5-c5ccccc5C6(c5ccccc5)c5ccccc5)nc(-c5ccccc5)n4)c4ccccc34)c3ccccc23)-c2ccc3ccccc3c21. The molecule has 1 heterocycles. The Morgan fingerprint density at radius 3 is 1.36 bits per heavy atom. The van der Waals surface area contributed by atoms with Crippen LogP contribution in [-0.4, -0.2) is 9.97 Å². The molecular weight excluding hydrogens is 917 g/mol. The van der Waals surface area contributed by atoms with Crippen molar-refractivity contribution in [3.05, 3.63) is 300 Å². The maximum atomic E-state index is 5.50. The summed E-state index contributed by atoms with van der Waals surface area (Å²) in [5.41, 5.74) is 22.0. The second-order valence-corrected chi connectivity index (χ2v) is 21.1. The van der Waals surface area contributed by atoms with Crippen LogP contribution in [0.5, 0.6) is 0 Å². The number of aromatic nitrogens is 2. The Morgan fingerprint density at radius 1 is 0.289 bits per heavy atom. The maximum Gasteiger partial charge on any atom is 0.160 e. The van der Waals surface area contributed by atoms with Gasteiger partial charge in [0.15, 0.2) is 5.82 Å². The van der Waals surface area contributed by atoms with Crippen molar-refractivity contribution in [3.63, 3.8) is 0 Å². The van der Waals surface area contributed by atoms with E-state index in [1.807, 2.05) is 0 Å². The van der Waals surface area contributed by atoms with Gasteiger partial charge in [-0.3, -0.25) is 0 Å². The Bertz CT molecular complexity index is 4440. The second-order valence-electron chi connectivity index (χ2n) is 21.1. The third-order valence-corrected chi connectivity index (χ3v) is 16.8. The molecule has 0 fully saturated rings. The van der Waals surface area contributed by atoms with E-state index in [4.69, 9.17) is 9.97 Å². The summed E-state index contributed by atoms with van der Waals surface area (Å²) in [6.45, 7) is 4.82. The molecule has 0 amide bonds. The number of benzene rings is 12. The number of nitrogens with zero attached hydrogens (tertiary/aromatic N) is 2. The van der Waals surface area contributed by atoms with Crippen molar-refractivity contribution >= 4 is 32.3 Å².